The molecule has 1 unspecified atom stereocenters. The molecule has 0 radical (unpaired) electrons. The molecule has 1 aromatic heterocycles. The predicted octanol–water partition coefficient (Wildman–Crippen LogP) is 3.14. The normalized spacial score (nSPS) is 17.2. The molecule has 1 aliphatic heterocycles. The van der Waals surface area contributed by atoms with Crippen LogP contribution < -0.4 is 4.74 Å². The van der Waals surface area contributed by atoms with Crippen molar-refractivity contribution in [2.75, 3.05) is 13.2 Å². The summed E-state index contributed by atoms with van der Waals surface area (Å²) in [5, 5.41) is 9.08. The molecule has 1 N–H and O–H groups in total. The fraction of sp³-hybridized carbons (Fsp3) is 0.294. The fourth-order valence-electron chi connectivity index (χ4n) is 2.50. The number of carbonyl (C=O) groups is 1. The second-order valence-electron chi connectivity index (χ2n) is 5.32. The molecule has 0 saturated carbocycles. The third-order valence-electron chi connectivity index (χ3n) is 3.67. The van der Waals surface area contributed by atoms with Crippen LogP contribution in [0.4, 0.5) is 4.39 Å². The van der Waals surface area contributed by atoms with E-state index in [2.05, 4.69) is 4.98 Å². The predicted molar refractivity (Wildman–Crippen MR) is 81.1 cm³/mol. The smallest absolute Gasteiger partial charge is 0.335 e. The number of benzene rings is 1. The van der Waals surface area contributed by atoms with Crippen LogP contribution in [0.25, 0.3) is 11.3 Å². The number of nitrogens with zero attached hydrogens (tertiary/aromatic N) is 1. The number of carboxylic acids is 1. The molecule has 2 heterocycles. The van der Waals surface area contributed by atoms with Gasteiger partial charge >= 0.3 is 5.97 Å². The molecule has 5 nitrogen and oxygen atoms in total. The molecule has 0 bridgehead atoms. The molecule has 0 spiro atoms. The number of hydrogen-bond acceptors (Lipinski definition) is 4. The molecule has 0 amide bonds. The van der Waals surface area contributed by atoms with Gasteiger partial charge < -0.3 is 14.6 Å². The Morgan fingerprint density at radius 1 is 1.39 bits per heavy atom. The Balaban J connectivity index is 1.89. The van der Waals surface area contributed by atoms with Crippen LogP contribution in [0.5, 0.6) is 5.75 Å². The lowest BCUT2D eigenvalue weighted by molar-refractivity contribution is 0.0681. The van der Waals surface area contributed by atoms with Crippen LogP contribution in [-0.2, 0) is 4.74 Å². The largest absolute Gasteiger partial charge is 0.490 e. The fourth-order valence-corrected chi connectivity index (χ4v) is 2.50. The van der Waals surface area contributed by atoms with E-state index < -0.39 is 11.8 Å². The van der Waals surface area contributed by atoms with Gasteiger partial charge in [-0.25, -0.2) is 9.18 Å². The topological polar surface area (TPSA) is 68.7 Å². The van der Waals surface area contributed by atoms with Crippen LogP contribution in [0, 0.1) is 5.82 Å². The van der Waals surface area contributed by atoms with Crippen LogP contribution >= 0.6 is 0 Å². The summed E-state index contributed by atoms with van der Waals surface area (Å²) in [5.41, 5.74) is 0.863. The summed E-state index contributed by atoms with van der Waals surface area (Å²) in [5.74, 6) is -1.05. The van der Waals surface area contributed by atoms with Gasteiger partial charge in [0.05, 0.1) is 17.4 Å². The number of ether oxygens (including phenoxy) is 2. The van der Waals surface area contributed by atoms with Crippen LogP contribution in [0.2, 0.25) is 0 Å². The van der Waals surface area contributed by atoms with E-state index in [0.717, 1.165) is 19.4 Å². The molecule has 1 fully saturated rings. The Kier molecular flexibility index (Phi) is 4.52. The first kappa shape index (κ1) is 15.4. The maximum Gasteiger partial charge on any atom is 0.335 e. The highest BCUT2D eigenvalue weighted by molar-refractivity contribution is 5.89. The first-order valence-corrected chi connectivity index (χ1v) is 7.37. The summed E-state index contributed by atoms with van der Waals surface area (Å²) in [6.07, 6.45) is 3.36. The van der Waals surface area contributed by atoms with Gasteiger partial charge in [0.2, 0.25) is 0 Å². The van der Waals surface area contributed by atoms with E-state index in [-0.39, 0.29) is 11.7 Å². The number of hydrogen-bond donors (Lipinski definition) is 1. The summed E-state index contributed by atoms with van der Waals surface area (Å²) < 4.78 is 24.9. The maximum atomic E-state index is 13.6. The molecule has 3 rings (SSSR count). The van der Waals surface area contributed by atoms with Crippen LogP contribution in [0.15, 0.2) is 36.5 Å². The monoisotopic (exact) mass is 317 g/mol. The third kappa shape index (κ3) is 3.65. The molecule has 0 aliphatic carbocycles. The van der Waals surface area contributed by atoms with Crippen LogP contribution in [0.3, 0.4) is 0 Å². The average Bonchev–Trinajstić information content (AvgIpc) is 3.07. The lowest BCUT2D eigenvalue weighted by Gasteiger charge is -2.14. The molecule has 120 valence electrons. The van der Waals surface area contributed by atoms with Gasteiger partial charge in [-0.15, -0.1) is 0 Å². The number of carboxylic acid groups (broad SMARTS) is 1. The first-order valence-electron chi connectivity index (χ1n) is 7.37. The van der Waals surface area contributed by atoms with Gasteiger partial charge in [-0.3, -0.25) is 4.98 Å². The van der Waals surface area contributed by atoms with E-state index in [1.54, 1.807) is 0 Å². The van der Waals surface area contributed by atoms with Crippen molar-refractivity contribution in [1.29, 1.82) is 0 Å². The van der Waals surface area contributed by atoms with Crippen molar-refractivity contribution in [3.8, 4) is 17.0 Å². The van der Waals surface area contributed by atoms with Gasteiger partial charge in [-0.1, -0.05) is 0 Å². The maximum absolute atomic E-state index is 13.6. The number of aromatic carboxylic acids is 1. The van der Waals surface area contributed by atoms with E-state index >= 15 is 0 Å². The van der Waals surface area contributed by atoms with E-state index in [0.29, 0.717) is 23.6 Å². The molecule has 1 saturated heterocycles. The van der Waals surface area contributed by atoms with Crippen molar-refractivity contribution in [3.05, 3.63) is 47.9 Å². The number of aromatic nitrogens is 1. The first-order chi connectivity index (χ1) is 11.1. The van der Waals surface area contributed by atoms with Crippen molar-refractivity contribution >= 4 is 5.97 Å². The zero-order valence-electron chi connectivity index (χ0n) is 12.4. The molecular weight excluding hydrogens is 301 g/mol. The molecule has 1 atom stereocenters. The Bertz CT molecular complexity index is 713. The lowest BCUT2D eigenvalue weighted by Crippen LogP contribution is -2.16. The van der Waals surface area contributed by atoms with Crippen molar-refractivity contribution in [2.24, 2.45) is 0 Å². The quantitative estimate of drug-likeness (QED) is 0.917. The number of rotatable bonds is 5. The SMILES string of the molecule is O=C(O)c1ccnc(-c2cc(F)ccc2OCC2CCCO2)c1. The van der Waals surface area contributed by atoms with Gasteiger partial charge in [-0.05, 0) is 43.2 Å². The van der Waals surface area contributed by atoms with Gasteiger partial charge in [-0.2, -0.15) is 0 Å². The summed E-state index contributed by atoms with van der Waals surface area (Å²) >= 11 is 0. The summed E-state index contributed by atoms with van der Waals surface area (Å²) in [6, 6.07) is 6.90. The van der Waals surface area contributed by atoms with Crippen molar-refractivity contribution in [1.82, 2.24) is 4.98 Å². The highest BCUT2D eigenvalue weighted by Crippen LogP contribution is 2.30. The third-order valence-corrected chi connectivity index (χ3v) is 3.67. The van der Waals surface area contributed by atoms with Crippen molar-refractivity contribution in [2.45, 2.75) is 18.9 Å². The highest BCUT2D eigenvalue weighted by Gasteiger charge is 2.18. The van der Waals surface area contributed by atoms with E-state index in [4.69, 9.17) is 14.6 Å². The second kappa shape index (κ2) is 6.75. The Morgan fingerprint density at radius 3 is 3.00 bits per heavy atom. The van der Waals surface area contributed by atoms with Crippen LogP contribution in [-0.4, -0.2) is 35.4 Å². The van der Waals surface area contributed by atoms with Gasteiger partial charge in [0, 0.05) is 18.4 Å². The minimum atomic E-state index is -1.06. The molecule has 23 heavy (non-hydrogen) atoms. The highest BCUT2D eigenvalue weighted by atomic mass is 19.1. The van der Waals surface area contributed by atoms with Crippen LogP contribution in [0.1, 0.15) is 23.2 Å². The minimum absolute atomic E-state index is 0.0335. The zero-order valence-corrected chi connectivity index (χ0v) is 12.4. The number of halogens is 1. The molecule has 2 aromatic rings. The molecule has 1 aliphatic rings. The average molecular weight is 317 g/mol. The summed E-state index contributed by atoms with van der Waals surface area (Å²) in [4.78, 5) is 15.2. The lowest BCUT2D eigenvalue weighted by atomic mass is 10.1. The summed E-state index contributed by atoms with van der Waals surface area (Å²) in [7, 11) is 0. The standard InChI is InChI=1S/C17H16FNO4/c18-12-3-4-16(23-10-13-2-1-7-22-13)14(9-12)15-8-11(17(20)21)5-6-19-15/h3-6,8-9,13H,1-2,7,10H2,(H,20,21). The Hall–Kier alpha value is -2.47. The van der Waals surface area contributed by atoms with Crippen molar-refractivity contribution < 1.29 is 23.8 Å². The molecule has 1 aromatic carbocycles. The zero-order chi connectivity index (χ0) is 16.2. The molecular formula is C17H16FNO4. The Labute approximate surface area is 132 Å². The number of pyridine rings is 1. The Morgan fingerprint density at radius 2 is 2.26 bits per heavy atom. The van der Waals surface area contributed by atoms with E-state index in [9.17, 15) is 9.18 Å². The van der Waals surface area contributed by atoms with Crippen molar-refractivity contribution in [3.63, 3.8) is 0 Å². The molecule has 6 heteroatoms. The van der Waals surface area contributed by atoms with Gasteiger partial charge in [0.25, 0.3) is 0 Å². The van der Waals surface area contributed by atoms with E-state index in [1.807, 2.05) is 0 Å². The van der Waals surface area contributed by atoms with Gasteiger partial charge in [0.1, 0.15) is 18.2 Å². The van der Waals surface area contributed by atoms with E-state index in [1.165, 1.54) is 36.5 Å². The minimum Gasteiger partial charge on any atom is -0.490 e. The van der Waals surface area contributed by atoms with Gasteiger partial charge in [0.15, 0.2) is 0 Å². The summed E-state index contributed by atoms with van der Waals surface area (Å²) in [6.45, 7) is 1.10. The second-order valence-corrected chi connectivity index (χ2v) is 5.32.